The van der Waals surface area contributed by atoms with Gasteiger partial charge in [0.25, 0.3) is 0 Å². The summed E-state index contributed by atoms with van der Waals surface area (Å²) in [6, 6.07) is -0.825. The van der Waals surface area contributed by atoms with Gasteiger partial charge in [-0.15, -0.1) is 17.9 Å². The normalized spacial score (nSPS) is 14.9. The molecule has 0 aliphatic carbocycles. The van der Waals surface area contributed by atoms with Crippen molar-refractivity contribution in [2.24, 2.45) is 0 Å². The van der Waals surface area contributed by atoms with Crippen LogP contribution in [0.25, 0.3) is 0 Å². The largest absolute Gasteiger partial charge is 0.335 e. The Morgan fingerprint density at radius 2 is 2.05 bits per heavy atom. The lowest BCUT2D eigenvalue weighted by Gasteiger charge is -2.13. The summed E-state index contributed by atoms with van der Waals surface area (Å²) in [6.45, 7) is 2.79. The van der Waals surface area contributed by atoms with Crippen LogP contribution in [0.2, 0.25) is 0 Å². The van der Waals surface area contributed by atoms with E-state index in [1.807, 2.05) is 0 Å². The lowest BCUT2D eigenvalue weighted by Crippen LogP contribution is -2.39. The predicted octanol–water partition coefficient (Wildman–Crippen LogP) is 0.0584. The fourth-order valence-corrected chi connectivity index (χ4v) is 2.11. The number of anilines is 1. The second kappa shape index (κ2) is 5.61. The summed E-state index contributed by atoms with van der Waals surface area (Å²) in [5.41, 5.74) is 0. The van der Waals surface area contributed by atoms with Gasteiger partial charge in [-0.1, -0.05) is 6.08 Å². The van der Waals surface area contributed by atoms with Gasteiger partial charge >= 0.3 is 17.8 Å². The summed E-state index contributed by atoms with van der Waals surface area (Å²) < 4.78 is 0. The summed E-state index contributed by atoms with van der Waals surface area (Å²) in [6.07, 6.45) is 2.82. The molecule has 2 heterocycles. The first kappa shape index (κ1) is 13.9. The number of aromatic nitrogens is 1. The van der Waals surface area contributed by atoms with Crippen LogP contribution in [0.4, 0.5) is 9.93 Å². The maximum Gasteiger partial charge on any atom is 0.335 e. The molecule has 0 saturated carbocycles. The van der Waals surface area contributed by atoms with Crippen molar-refractivity contribution in [2.45, 2.75) is 0 Å². The van der Waals surface area contributed by atoms with Gasteiger partial charge in [0.05, 0.1) is 0 Å². The van der Waals surface area contributed by atoms with Crippen molar-refractivity contribution in [1.29, 1.82) is 0 Å². The molecule has 0 aromatic carbocycles. The molecular formula is C11H10N4O4S. The summed E-state index contributed by atoms with van der Waals surface area (Å²) in [5.74, 6) is -2.59. The van der Waals surface area contributed by atoms with Crippen LogP contribution >= 0.6 is 11.3 Å². The molecule has 104 valence electrons. The SMILES string of the molecule is C=CCN1C(=O)C(=O)N(CC(=O)Nc2nccs2)C1=O. The van der Waals surface area contributed by atoms with Gasteiger partial charge in [0.1, 0.15) is 6.54 Å². The maximum atomic E-state index is 11.8. The summed E-state index contributed by atoms with van der Waals surface area (Å²) in [5, 5.41) is 4.44. The molecule has 1 aromatic rings. The van der Waals surface area contributed by atoms with Crippen LogP contribution in [0.1, 0.15) is 0 Å². The first-order valence-electron chi connectivity index (χ1n) is 5.52. The van der Waals surface area contributed by atoms with Gasteiger partial charge in [-0.25, -0.2) is 14.7 Å². The van der Waals surface area contributed by atoms with Gasteiger partial charge in [0.2, 0.25) is 5.91 Å². The number of rotatable bonds is 5. The van der Waals surface area contributed by atoms with Gasteiger partial charge in [-0.3, -0.25) is 19.3 Å². The Labute approximate surface area is 117 Å². The monoisotopic (exact) mass is 294 g/mol. The van der Waals surface area contributed by atoms with E-state index in [2.05, 4.69) is 16.9 Å². The van der Waals surface area contributed by atoms with E-state index < -0.39 is 30.3 Å². The summed E-state index contributed by atoms with van der Waals surface area (Å²) in [4.78, 5) is 51.8. The average molecular weight is 294 g/mol. The number of carbonyl (C=O) groups excluding carboxylic acids is 4. The van der Waals surface area contributed by atoms with Gasteiger partial charge in [0, 0.05) is 18.1 Å². The minimum absolute atomic E-state index is 0.0754. The standard InChI is InChI=1S/C11H10N4O4S/c1-2-4-14-8(17)9(18)15(11(14)19)6-7(16)13-10-12-3-5-20-10/h2-3,5H,1,4,6H2,(H,12,13,16). The van der Waals surface area contributed by atoms with Crippen molar-refractivity contribution in [2.75, 3.05) is 18.4 Å². The van der Waals surface area contributed by atoms with Gasteiger partial charge in [-0.05, 0) is 0 Å². The molecule has 0 radical (unpaired) electrons. The highest BCUT2D eigenvalue weighted by Crippen LogP contribution is 2.13. The van der Waals surface area contributed by atoms with Gasteiger partial charge in [0.15, 0.2) is 5.13 Å². The molecule has 1 fully saturated rings. The molecule has 1 saturated heterocycles. The molecule has 20 heavy (non-hydrogen) atoms. The zero-order valence-corrected chi connectivity index (χ0v) is 11.1. The minimum atomic E-state index is -1.02. The third kappa shape index (κ3) is 2.57. The second-order valence-electron chi connectivity index (χ2n) is 3.76. The second-order valence-corrected chi connectivity index (χ2v) is 4.66. The Hall–Kier alpha value is -2.55. The minimum Gasteiger partial charge on any atom is -0.300 e. The summed E-state index contributed by atoms with van der Waals surface area (Å²) in [7, 11) is 0. The van der Waals surface area contributed by atoms with Gasteiger partial charge < -0.3 is 5.32 Å². The fraction of sp³-hybridized carbons (Fsp3) is 0.182. The third-order valence-electron chi connectivity index (χ3n) is 2.43. The van der Waals surface area contributed by atoms with E-state index in [0.717, 1.165) is 4.90 Å². The highest BCUT2D eigenvalue weighted by atomic mass is 32.1. The van der Waals surface area contributed by atoms with E-state index in [1.165, 1.54) is 23.6 Å². The van der Waals surface area contributed by atoms with E-state index in [-0.39, 0.29) is 6.54 Å². The molecule has 5 amide bonds. The Kier molecular flexibility index (Phi) is 3.89. The van der Waals surface area contributed by atoms with Crippen LogP contribution in [0.3, 0.4) is 0 Å². The van der Waals surface area contributed by atoms with Crippen LogP contribution in [0.5, 0.6) is 0 Å². The predicted molar refractivity (Wildman–Crippen MR) is 69.8 cm³/mol. The highest BCUT2D eigenvalue weighted by molar-refractivity contribution is 7.13. The molecule has 9 heteroatoms. The first-order chi connectivity index (χ1) is 9.54. The van der Waals surface area contributed by atoms with Gasteiger partial charge in [-0.2, -0.15) is 0 Å². The number of nitrogens with zero attached hydrogens (tertiary/aromatic N) is 3. The van der Waals surface area contributed by atoms with Crippen LogP contribution in [-0.2, 0) is 14.4 Å². The number of imide groups is 2. The van der Waals surface area contributed by atoms with Crippen LogP contribution in [-0.4, -0.2) is 51.6 Å². The van der Waals surface area contributed by atoms with E-state index >= 15 is 0 Å². The van der Waals surface area contributed by atoms with E-state index in [4.69, 9.17) is 0 Å². The molecule has 2 rings (SSSR count). The van der Waals surface area contributed by atoms with E-state index in [9.17, 15) is 19.2 Å². The Balaban J connectivity index is 2.03. The van der Waals surface area contributed by atoms with Crippen molar-refractivity contribution in [3.8, 4) is 0 Å². The number of urea groups is 1. The fourth-order valence-electron chi connectivity index (χ4n) is 1.57. The molecule has 8 nitrogen and oxygen atoms in total. The number of amides is 5. The lowest BCUT2D eigenvalue weighted by molar-refractivity contribution is -0.143. The molecule has 0 spiro atoms. The maximum absolute atomic E-state index is 11.8. The van der Waals surface area contributed by atoms with Crippen molar-refractivity contribution in [3.05, 3.63) is 24.2 Å². The molecule has 1 aliphatic rings. The van der Waals surface area contributed by atoms with Crippen molar-refractivity contribution in [3.63, 3.8) is 0 Å². The average Bonchev–Trinajstić information content (AvgIpc) is 2.98. The number of carbonyl (C=O) groups is 4. The molecule has 0 unspecified atom stereocenters. The van der Waals surface area contributed by atoms with Crippen molar-refractivity contribution >= 4 is 40.2 Å². The zero-order chi connectivity index (χ0) is 14.7. The molecule has 1 aromatic heterocycles. The smallest absolute Gasteiger partial charge is 0.300 e. The zero-order valence-electron chi connectivity index (χ0n) is 10.2. The topological polar surface area (TPSA) is 99.7 Å². The number of nitrogens with one attached hydrogen (secondary N) is 1. The van der Waals surface area contributed by atoms with Crippen molar-refractivity contribution in [1.82, 2.24) is 14.8 Å². The van der Waals surface area contributed by atoms with Crippen LogP contribution in [0.15, 0.2) is 24.2 Å². The first-order valence-corrected chi connectivity index (χ1v) is 6.40. The molecule has 0 bridgehead atoms. The third-order valence-corrected chi connectivity index (χ3v) is 3.12. The Bertz CT molecular complexity index is 583. The number of hydrogen-bond donors (Lipinski definition) is 1. The Morgan fingerprint density at radius 1 is 1.35 bits per heavy atom. The number of thiazole rings is 1. The van der Waals surface area contributed by atoms with E-state index in [1.54, 1.807) is 5.38 Å². The summed E-state index contributed by atoms with van der Waals surface area (Å²) >= 11 is 1.20. The molecular weight excluding hydrogens is 284 g/mol. The quantitative estimate of drug-likeness (QED) is 0.470. The van der Waals surface area contributed by atoms with E-state index in [0.29, 0.717) is 10.0 Å². The molecule has 1 aliphatic heterocycles. The number of hydrogen-bond acceptors (Lipinski definition) is 6. The highest BCUT2D eigenvalue weighted by Gasteiger charge is 2.44. The van der Waals surface area contributed by atoms with Crippen LogP contribution < -0.4 is 5.32 Å². The molecule has 1 N–H and O–H groups in total. The van der Waals surface area contributed by atoms with Crippen LogP contribution in [0, 0.1) is 0 Å². The lowest BCUT2D eigenvalue weighted by atomic mass is 10.5. The molecule has 0 atom stereocenters. The van der Waals surface area contributed by atoms with Crippen molar-refractivity contribution < 1.29 is 19.2 Å². The Morgan fingerprint density at radius 3 is 2.65 bits per heavy atom.